The fraction of sp³-hybridized carbons (Fsp3) is 0.375. The Hall–Kier alpha value is -3.13. The van der Waals surface area contributed by atoms with Gasteiger partial charge >= 0.3 is 5.97 Å². The van der Waals surface area contributed by atoms with Crippen molar-refractivity contribution in [2.24, 2.45) is 5.41 Å². The van der Waals surface area contributed by atoms with E-state index in [9.17, 15) is 10.1 Å². The summed E-state index contributed by atoms with van der Waals surface area (Å²) in [6, 6.07) is 11.7. The zero-order valence-electron chi connectivity index (χ0n) is 18.3. The zero-order valence-corrected chi connectivity index (χ0v) is 18.3. The van der Waals surface area contributed by atoms with Gasteiger partial charge < -0.3 is 4.74 Å². The molecular weight excluding hydrogens is 362 g/mol. The summed E-state index contributed by atoms with van der Waals surface area (Å²) in [7, 11) is 0. The van der Waals surface area contributed by atoms with Crippen LogP contribution in [0.4, 0.5) is 0 Å². The summed E-state index contributed by atoms with van der Waals surface area (Å²) in [4.78, 5) is 12.7. The van der Waals surface area contributed by atoms with Crippen molar-refractivity contribution in [3.63, 3.8) is 0 Å². The molecule has 0 aliphatic carbocycles. The molecule has 152 valence electrons. The van der Waals surface area contributed by atoms with Crippen LogP contribution in [-0.4, -0.2) is 15.7 Å². The number of hydrogen-bond acceptors (Lipinski definition) is 4. The topological polar surface area (TPSA) is 67.9 Å². The van der Waals surface area contributed by atoms with Crippen molar-refractivity contribution in [3.05, 3.63) is 59.4 Å². The first kappa shape index (κ1) is 22.2. The second kappa shape index (κ2) is 8.08. The second-order valence-electron chi connectivity index (χ2n) is 9.08. The van der Waals surface area contributed by atoms with Gasteiger partial charge in [-0.3, -0.25) is 4.79 Å². The number of carbonyl (C=O) groups excluding carboxylic acids is 1. The van der Waals surface area contributed by atoms with Crippen LogP contribution in [-0.2, 0) is 14.9 Å². The summed E-state index contributed by atoms with van der Waals surface area (Å²) in [6.07, 6.45) is 1.52. The van der Waals surface area contributed by atoms with E-state index in [0.717, 1.165) is 11.3 Å². The van der Waals surface area contributed by atoms with Gasteiger partial charge in [-0.05, 0) is 50.3 Å². The van der Waals surface area contributed by atoms with Gasteiger partial charge in [-0.2, -0.15) is 10.4 Å². The summed E-state index contributed by atoms with van der Waals surface area (Å²) in [5.41, 5.74) is 2.60. The minimum Gasteiger partial charge on any atom is -0.422 e. The van der Waals surface area contributed by atoms with E-state index in [1.165, 1.54) is 10.9 Å². The Labute approximate surface area is 173 Å². The summed E-state index contributed by atoms with van der Waals surface area (Å²) in [5, 5.41) is 14.3. The predicted octanol–water partition coefficient (Wildman–Crippen LogP) is 5.57. The molecule has 0 aliphatic heterocycles. The lowest BCUT2D eigenvalue weighted by atomic mass is 9.86. The standard InChI is InChI=1S/C24H29N3O2/c1-9-27-20(14-16(2)26-27)21(29-22(28)24(6,7)8)19(15-25)17-10-12-18(13-11-17)23(3,4)5/h9-14H,1H2,2-8H3/b21-19-. The quantitative estimate of drug-likeness (QED) is 0.388. The van der Waals surface area contributed by atoms with Gasteiger partial charge in [-0.1, -0.05) is 51.6 Å². The number of aryl methyl sites for hydroxylation is 1. The van der Waals surface area contributed by atoms with Gasteiger partial charge in [0.1, 0.15) is 17.3 Å². The number of benzene rings is 1. The number of nitrogens with zero attached hydrogens (tertiary/aromatic N) is 3. The maximum atomic E-state index is 12.7. The maximum Gasteiger partial charge on any atom is 0.316 e. The van der Waals surface area contributed by atoms with Gasteiger partial charge in [-0.25, -0.2) is 4.68 Å². The van der Waals surface area contributed by atoms with Crippen LogP contribution >= 0.6 is 0 Å². The Kier molecular flexibility index (Phi) is 6.18. The van der Waals surface area contributed by atoms with E-state index in [4.69, 9.17) is 4.74 Å². The van der Waals surface area contributed by atoms with Crippen LogP contribution in [0.2, 0.25) is 0 Å². The molecule has 0 radical (unpaired) electrons. The van der Waals surface area contributed by atoms with Crippen molar-refractivity contribution in [2.75, 3.05) is 0 Å². The van der Waals surface area contributed by atoms with Crippen molar-refractivity contribution in [3.8, 4) is 6.07 Å². The van der Waals surface area contributed by atoms with E-state index in [1.807, 2.05) is 31.2 Å². The van der Waals surface area contributed by atoms with Gasteiger partial charge in [-0.15, -0.1) is 0 Å². The average Bonchev–Trinajstić information content (AvgIpc) is 3.00. The lowest BCUT2D eigenvalue weighted by Crippen LogP contribution is -2.23. The SMILES string of the molecule is C=Cn1nc(C)cc1/C(OC(=O)C(C)(C)C)=C(\C#N)c1ccc(C(C)(C)C)cc1. The third kappa shape index (κ3) is 5.03. The van der Waals surface area contributed by atoms with Gasteiger partial charge in [0.25, 0.3) is 0 Å². The van der Waals surface area contributed by atoms with Gasteiger partial charge in [0, 0.05) is 6.20 Å². The van der Waals surface area contributed by atoms with Crippen LogP contribution in [0.5, 0.6) is 0 Å². The molecule has 1 aromatic carbocycles. The van der Waals surface area contributed by atoms with Crippen molar-refractivity contribution in [1.82, 2.24) is 9.78 Å². The zero-order chi connectivity index (χ0) is 22.0. The van der Waals surface area contributed by atoms with Crippen LogP contribution in [0.1, 0.15) is 64.1 Å². The molecule has 5 heteroatoms. The molecule has 0 N–H and O–H groups in total. The van der Waals surface area contributed by atoms with E-state index >= 15 is 0 Å². The highest BCUT2D eigenvalue weighted by molar-refractivity contribution is 5.98. The molecule has 2 rings (SSSR count). The number of carbonyl (C=O) groups is 1. The summed E-state index contributed by atoms with van der Waals surface area (Å²) < 4.78 is 7.29. The number of esters is 1. The smallest absolute Gasteiger partial charge is 0.316 e. The summed E-state index contributed by atoms with van der Waals surface area (Å²) in [6.45, 7) is 17.3. The molecule has 1 heterocycles. The number of ether oxygens (including phenoxy) is 1. The monoisotopic (exact) mass is 391 g/mol. The minimum absolute atomic E-state index is 0.00481. The van der Waals surface area contributed by atoms with Gasteiger partial charge in [0.15, 0.2) is 5.76 Å². The molecule has 1 aromatic heterocycles. The van der Waals surface area contributed by atoms with Crippen molar-refractivity contribution < 1.29 is 9.53 Å². The molecular formula is C24H29N3O2. The highest BCUT2D eigenvalue weighted by Gasteiger charge is 2.28. The van der Waals surface area contributed by atoms with Crippen LogP contribution < -0.4 is 0 Å². The molecule has 0 fully saturated rings. The second-order valence-corrected chi connectivity index (χ2v) is 9.08. The summed E-state index contributed by atoms with van der Waals surface area (Å²) in [5.74, 6) is -0.252. The van der Waals surface area contributed by atoms with Gasteiger partial charge in [0.2, 0.25) is 0 Å². The Bertz CT molecular complexity index is 989. The molecule has 0 saturated carbocycles. The number of nitriles is 1. The first-order valence-corrected chi connectivity index (χ1v) is 9.55. The van der Waals surface area contributed by atoms with E-state index in [1.54, 1.807) is 26.8 Å². The minimum atomic E-state index is -0.726. The third-order valence-corrected chi connectivity index (χ3v) is 4.45. The third-order valence-electron chi connectivity index (χ3n) is 4.45. The lowest BCUT2D eigenvalue weighted by Gasteiger charge is -2.20. The number of aromatic nitrogens is 2. The van der Waals surface area contributed by atoms with Crippen LogP contribution in [0, 0.1) is 23.7 Å². The molecule has 0 spiro atoms. The molecule has 0 aliphatic rings. The predicted molar refractivity (Wildman–Crippen MR) is 116 cm³/mol. The molecule has 0 saturated heterocycles. The Morgan fingerprint density at radius 3 is 2.21 bits per heavy atom. The Morgan fingerprint density at radius 1 is 1.17 bits per heavy atom. The molecule has 29 heavy (non-hydrogen) atoms. The Morgan fingerprint density at radius 2 is 1.76 bits per heavy atom. The fourth-order valence-corrected chi connectivity index (χ4v) is 2.69. The van der Waals surface area contributed by atoms with E-state index in [-0.39, 0.29) is 16.7 Å². The first-order chi connectivity index (χ1) is 13.4. The molecule has 5 nitrogen and oxygen atoms in total. The first-order valence-electron chi connectivity index (χ1n) is 9.55. The summed E-state index contributed by atoms with van der Waals surface area (Å²) >= 11 is 0. The largest absolute Gasteiger partial charge is 0.422 e. The Balaban J connectivity index is 2.71. The molecule has 0 amide bonds. The highest BCUT2D eigenvalue weighted by atomic mass is 16.5. The van der Waals surface area contributed by atoms with E-state index in [0.29, 0.717) is 11.3 Å². The molecule has 0 atom stereocenters. The van der Waals surface area contributed by atoms with E-state index < -0.39 is 11.4 Å². The normalized spacial score (nSPS) is 12.8. The number of hydrogen-bond donors (Lipinski definition) is 0. The lowest BCUT2D eigenvalue weighted by molar-refractivity contribution is -0.145. The fourth-order valence-electron chi connectivity index (χ4n) is 2.69. The number of allylic oxidation sites excluding steroid dienone is 1. The van der Waals surface area contributed by atoms with Crippen LogP contribution in [0.3, 0.4) is 0 Å². The van der Waals surface area contributed by atoms with Crippen molar-refractivity contribution in [2.45, 2.75) is 53.9 Å². The molecule has 0 bridgehead atoms. The van der Waals surface area contributed by atoms with Gasteiger partial charge in [0.05, 0.1) is 11.1 Å². The molecule has 2 aromatic rings. The van der Waals surface area contributed by atoms with Crippen molar-refractivity contribution in [1.29, 1.82) is 5.26 Å². The number of rotatable bonds is 4. The van der Waals surface area contributed by atoms with Crippen LogP contribution in [0.15, 0.2) is 36.9 Å². The van der Waals surface area contributed by atoms with E-state index in [2.05, 4.69) is 38.5 Å². The average molecular weight is 392 g/mol. The van der Waals surface area contributed by atoms with Crippen molar-refractivity contribution >= 4 is 23.5 Å². The maximum absolute atomic E-state index is 12.7. The van der Waals surface area contributed by atoms with Crippen LogP contribution in [0.25, 0.3) is 17.5 Å². The highest BCUT2D eigenvalue weighted by Crippen LogP contribution is 2.32. The molecule has 0 unspecified atom stereocenters.